The summed E-state index contributed by atoms with van der Waals surface area (Å²) < 4.78 is 19.6. The van der Waals surface area contributed by atoms with Crippen molar-refractivity contribution in [2.24, 2.45) is 0 Å². The highest BCUT2D eigenvalue weighted by atomic mass is 35.5. The van der Waals surface area contributed by atoms with Crippen LogP contribution in [0.2, 0.25) is 5.02 Å². The predicted molar refractivity (Wildman–Crippen MR) is 107 cm³/mol. The summed E-state index contributed by atoms with van der Waals surface area (Å²) in [5, 5.41) is 5.05. The molecule has 29 heavy (non-hydrogen) atoms. The third-order valence-electron chi connectivity index (χ3n) is 4.55. The molecule has 1 fully saturated rings. The fourth-order valence-electron chi connectivity index (χ4n) is 3.11. The molecule has 0 aliphatic carbocycles. The van der Waals surface area contributed by atoms with Crippen LogP contribution in [-0.2, 0) is 17.8 Å². The number of hydrogen-bond donors (Lipinski definition) is 2. The van der Waals surface area contributed by atoms with E-state index in [0.29, 0.717) is 27.1 Å². The molecule has 4 rings (SSSR count). The lowest BCUT2D eigenvalue weighted by atomic mass is 10.0. The van der Waals surface area contributed by atoms with E-state index in [1.807, 2.05) is 0 Å². The Morgan fingerprint density at radius 3 is 2.83 bits per heavy atom. The quantitative estimate of drug-likeness (QED) is 0.635. The minimum Gasteiger partial charge on any atom is -0.463 e. The molecule has 0 spiro atoms. The fourth-order valence-corrected chi connectivity index (χ4v) is 4.18. The van der Waals surface area contributed by atoms with Crippen molar-refractivity contribution >= 4 is 51.4 Å². The van der Waals surface area contributed by atoms with E-state index < -0.39 is 17.0 Å². The zero-order chi connectivity index (χ0) is 20.5. The Kier molecular flexibility index (Phi) is 5.29. The lowest BCUT2D eigenvalue weighted by molar-refractivity contribution is -0.118. The monoisotopic (exact) mass is 432 g/mol. The maximum atomic E-state index is 14.2. The van der Waals surface area contributed by atoms with E-state index >= 15 is 0 Å². The Morgan fingerprint density at radius 2 is 2.07 bits per heavy atom. The number of furan rings is 1. The predicted octanol–water partition coefficient (Wildman–Crippen LogP) is 4.05. The first-order chi connectivity index (χ1) is 13.9. The number of carbonyl (C=O) groups is 3. The first kappa shape index (κ1) is 19.5. The fraction of sp³-hybridized carbons (Fsp3) is 0.150. The Morgan fingerprint density at radius 1 is 1.24 bits per heavy atom. The average molecular weight is 433 g/mol. The average Bonchev–Trinajstić information content (AvgIpc) is 3.29. The van der Waals surface area contributed by atoms with Crippen LogP contribution in [0.4, 0.5) is 9.18 Å². The first-order valence-corrected chi connectivity index (χ1v) is 9.91. The van der Waals surface area contributed by atoms with E-state index in [9.17, 15) is 18.8 Å². The highest BCUT2D eigenvalue weighted by Crippen LogP contribution is 2.28. The summed E-state index contributed by atoms with van der Waals surface area (Å²) in [5.41, 5.74) is 1.62. The van der Waals surface area contributed by atoms with Gasteiger partial charge in [0, 0.05) is 17.5 Å². The van der Waals surface area contributed by atoms with Crippen LogP contribution in [0.1, 0.15) is 21.5 Å². The van der Waals surface area contributed by atoms with E-state index in [0.717, 1.165) is 11.8 Å². The van der Waals surface area contributed by atoms with E-state index in [2.05, 4.69) is 10.6 Å². The van der Waals surface area contributed by atoms with Crippen LogP contribution in [0.15, 0.2) is 47.1 Å². The van der Waals surface area contributed by atoms with Gasteiger partial charge in [0.05, 0.1) is 22.1 Å². The summed E-state index contributed by atoms with van der Waals surface area (Å²) in [5.74, 6) is -1.26. The Bertz CT molecular complexity index is 1150. The Hall–Kier alpha value is -2.84. The van der Waals surface area contributed by atoms with Crippen molar-refractivity contribution in [3.8, 4) is 0 Å². The van der Waals surface area contributed by atoms with Crippen LogP contribution < -0.4 is 10.6 Å². The number of halogens is 2. The highest BCUT2D eigenvalue weighted by Gasteiger charge is 2.31. The molecule has 2 aromatic carbocycles. The zero-order valence-corrected chi connectivity index (χ0v) is 16.4. The van der Waals surface area contributed by atoms with Gasteiger partial charge in [0.15, 0.2) is 0 Å². The molecule has 2 heterocycles. The number of carbonyl (C=O) groups excluding carboxylic acids is 3. The van der Waals surface area contributed by atoms with Gasteiger partial charge >= 0.3 is 0 Å². The molecule has 0 saturated carbocycles. The number of nitrogens with one attached hydrogen (secondary N) is 2. The topological polar surface area (TPSA) is 88.4 Å². The number of amides is 3. The van der Waals surface area contributed by atoms with Crippen LogP contribution >= 0.6 is 23.4 Å². The van der Waals surface area contributed by atoms with Gasteiger partial charge in [0.2, 0.25) is 5.91 Å². The number of imide groups is 1. The van der Waals surface area contributed by atoms with Crippen molar-refractivity contribution in [2.45, 2.75) is 18.2 Å². The number of hydrogen-bond acceptors (Lipinski definition) is 5. The molecule has 1 aliphatic rings. The molecule has 1 saturated heterocycles. The van der Waals surface area contributed by atoms with Gasteiger partial charge in [0.1, 0.15) is 11.4 Å². The largest absolute Gasteiger partial charge is 0.463 e. The van der Waals surface area contributed by atoms with Gasteiger partial charge in [-0.25, -0.2) is 4.39 Å². The molecular weight excluding hydrogens is 419 g/mol. The van der Waals surface area contributed by atoms with Crippen molar-refractivity contribution in [3.05, 3.63) is 70.2 Å². The third kappa shape index (κ3) is 3.99. The molecule has 0 bridgehead atoms. The molecule has 1 aromatic heterocycles. The van der Waals surface area contributed by atoms with Crippen LogP contribution in [-0.4, -0.2) is 22.3 Å². The summed E-state index contributed by atoms with van der Waals surface area (Å²) in [7, 11) is 0. The zero-order valence-electron chi connectivity index (χ0n) is 14.8. The first-order valence-electron chi connectivity index (χ1n) is 8.65. The minimum absolute atomic E-state index is 0.0493. The van der Waals surface area contributed by atoms with Crippen molar-refractivity contribution in [1.29, 1.82) is 0 Å². The molecule has 3 aromatic rings. The smallest absolute Gasteiger partial charge is 0.286 e. The molecule has 1 atom stereocenters. The second-order valence-corrected chi connectivity index (χ2v) is 8.04. The van der Waals surface area contributed by atoms with Crippen molar-refractivity contribution in [3.63, 3.8) is 0 Å². The van der Waals surface area contributed by atoms with Gasteiger partial charge < -0.3 is 9.73 Å². The second kappa shape index (κ2) is 7.88. The number of benzene rings is 2. The molecule has 1 unspecified atom stereocenters. The molecular formula is C20H14ClFN2O4S. The van der Waals surface area contributed by atoms with Crippen molar-refractivity contribution < 1.29 is 23.2 Å². The lowest BCUT2D eigenvalue weighted by Gasteiger charge is -2.10. The normalized spacial score (nSPS) is 16.3. The summed E-state index contributed by atoms with van der Waals surface area (Å²) >= 11 is 7.00. The molecule has 2 N–H and O–H groups in total. The van der Waals surface area contributed by atoms with Crippen LogP contribution in [0.5, 0.6) is 0 Å². The van der Waals surface area contributed by atoms with Crippen molar-refractivity contribution in [2.75, 3.05) is 0 Å². The van der Waals surface area contributed by atoms with Gasteiger partial charge in [-0.1, -0.05) is 35.5 Å². The Labute approximate surface area is 173 Å². The maximum absolute atomic E-state index is 14.2. The molecule has 0 radical (unpaired) electrons. The number of rotatable bonds is 5. The van der Waals surface area contributed by atoms with Gasteiger partial charge in [-0.05, 0) is 36.2 Å². The van der Waals surface area contributed by atoms with Crippen molar-refractivity contribution in [1.82, 2.24) is 10.6 Å². The van der Waals surface area contributed by atoms with Crippen LogP contribution in [0.25, 0.3) is 11.0 Å². The van der Waals surface area contributed by atoms with E-state index in [4.69, 9.17) is 16.0 Å². The van der Waals surface area contributed by atoms with Crippen LogP contribution in [0.3, 0.4) is 0 Å². The highest BCUT2D eigenvalue weighted by molar-refractivity contribution is 8.15. The SMILES string of the molecule is O=C1NC(=O)C(Cc2ccc(F)c(CNC(=O)c3ccc(Cl)c4ccoc34)c2)S1. The Balaban J connectivity index is 1.48. The number of thioether (sulfide) groups is 1. The molecule has 6 nitrogen and oxygen atoms in total. The van der Waals surface area contributed by atoms with Gasteiger partial charge in [-0.3, -0.25) is 19.7 Å². The summed E-state index contributed by atoms with van der Waals surface area (Å²) in [6.45, 7) is -0.0493. The standard InChI is InChI=1S/C20H14ClFN2O4S/c21-14-3-2-13(17-12(14)5-6-28-17)18(25)23-9-11-7-10(1-4-15(11)22)8-16-19(26)24-20(27)29-16/h1-7,16H,8-9H2,(H,23,25)(H,24,26,27). The van der Waals surface area contributed by atoms with E-state index in [1.165, 1.54) is 12.3 Å². The van der Waals surface area contributed by atoms with Gasteiger partial charge in [-0.2, -0.15) is 0 Å². The van der Waals surface area contributed by atoms with Gasteiger partial charge in [-0.15, -0.1) is 0 Å². The third-order valence-corrected chi connectivity index (χ3v) is 5.86. The van der Waals surface area contributed by atoms with Gasteiger partial charge in [0.25, 0.3) is 11.1 Å². The number of fused-ring (bicyclic) bond motifs is 1. The van der Waals surface area contributed by atoms with Crippen LogP contribution in [0, 0.1) is 5.82 Å². The molecule has 9 heteroatoms. The summed E-state index contributed by atoms with van der Waals surface area (Å²) in [4.78, 5) is 35.6. The molecule has 1 aliphatic heterocycles. The summed E-state index contributed by atoms with van der Waals surface area (Å²) in [6.07, 6.45) is 1.73. The van der Waals surface area contributed by atoms with E-state index in [-0.39, 0.29) is 29.7 Å². The second-order valence-electron chi connectivity index (χ2n) is 6.45. The lowest BCUT2D eigenvalue weighted by Crippen LogP contribution is -2.25. The van der Waals surface area contributed by atoms with E-state index in [1.54, 1.807) is 30.3 Å². The molecule has 3 amide bonds. The summed E-state index contributed by atoms with van der Waals surface area (Å²) in [6, 6.07) is 9.23. The minimum atomic E-state index is -0.545. The maximum Gasteiger partial charge on any atom is 0.286 e. The molecule has 148 valence electrons.